The third kappa shape index (κ3) is 2.03. The van der Waals surface area contributed by atoms with Crippen molar-refractivity contribution in [2.45, 2.75) is 27.3 Å². The first kappa shape index (κ1) is 10.6. The molecule has 2 N–H and O–H groups in total. The van der Waals surface area contributed by atoms with Gasteiger partial charge >= 0.3 is 0 Å². The summed E-state index contributed by atoms with van der Waals surface area (Å²) in [6.07, 6.45) is 0. The van der Waals surface area contributed by atoms with Crippen molar-refractivity contribution in [1.82, 2.24) is 19.7 Å². The first-order chi connectivity index (χ1) is 7.56. The lowest BCUT2D eigenvalue weighted by molar-refractivity contribution is 0.643. The number of rotatable bonds is 2. The summed E-state index contributed by atoms with van der Waals surface area (Å²) < 4.78 is 1.84. The van der Waals surface area contributed by atoms with E-state index in [1.807, 2.05) is 37.6 Å². The Labute approximate surface area is 94.3 Å². The van der Waals surface area contributed by atoms with Crippen molar-refractivity contribution < 1.29 is 0 Å². The van der Waals surface area contributed by atoms with Crippen LogP contribution in [0.1, 0.15) is 23.0 Å². The Morgan fingerprint density at radius 1 is 1.19 bits per heavy atom. The van der Waals surface area contributed by atoms with E-state index in [0.717, 1.165) is 28.7 Å². The molecule has 2 heterocycles. The van der Waals surface area contributed by atoms with Crippen molar-refractivity contribution in [1.29, 1.82) is 0 Å². The molecule has 0 aromatic carbocycles. The smallest absolute Gasteiger partial charge is 0.147 e. The highest BCUT2D eigenvalue weighted by Gasteiger charge is 2.05. The summed E-state index contributed by atoms with van der Waals surface area (Å²) in [4.78, 5) is 8.65. The lowest BCUT2D eigenvalue weighted by Crippen LogP contribution is -2.07. The molecule has 84 valence electrons. The molecule has 0 aliphatic carbocycles. The molecule has 0 saturated carbocycles. The predicted molar refractivity (Wildman–Crippen MR) is 62.0 cm³/mol. The first-order valence-corrected chi connectivity index (χ1v) is 5.16. The van der Waals surface area contributed by atoms with E-state index < -0.39 is 0 Å². The number of nitrogens with zero attached hydrogens (tertiary/aromatic N) is 4. The summed E-state index contributed by atoms with van der Waals surface area (Å²) in [5, 5.41) is 4.29. The van der Waals surface area contributed by atoms with Crippen molar-refractivity contribution in [3.63, 3.8) is 0 Å². The molecule has 2 aromatic rings. The van der Waals surface area contributed by atoms with Gasteiger partial charge < -0.3 is 5.73 Å². The molecule has 0 unspecified atom stereocenters. The van der Waals surface area contributed by atoms with Crippen LogP contribution in [0.3, 0.4) is 0 Å². The van der Waals surface area contributed by atoms with Gasteiger partial charge in [-0.25, -0.2) is 9.67 Å². The van der Waals surface area contributed by atoms with Crippen LogP contribution in [0.5, 0.6) is 0 Å². The Balaban J connectivity index is 2.27. The summed E-state index contributed by atoms with van der Waals surface area (Å²) >= 11 is 0. The van der Waals surface area contributed by atoms with Crippen LogP contribution in [0.25, 0.3) is 0 Å². The molecule has 0 aliphatic heterocycles. The topological polar surface area (TPSA) is 69.6 Å². The fraction of sp³-hybridized carbons (Fsp3) is 0.364. The minimum atomic E-state index is 0.633. The normalized spacial score (nSPS) is 10.7. The number of nitrogens with two attached hydrogens (primary N) is 1. The number of aromatic nitrogens is 4. The molecule has 0 aliphatic rings. The molecule has 5 nitrogen and oxygen atoms in total. The number of hydrogen-bond acceptors (Lipinski definition) is 4. The van der Waals surface area contributed by atoms with E-state index >= 15 is 0 Å². The Hall–Kier alpha value is -1.91. The molecule has 2 aromatic heterocycles. The highest BCUT2D eigenvalue weighted by molar-refractivity contribution is 5.42. The Bertz CT molecular complexity index is 515. The van der Waals surface area contributed by atoms with Gasteiger partial charge in [0.1, 0.15) is 11.6 Å². The van der Waals surface area contributed by atoms with Crippen molar-refractivity contribution in [2.24, 2.45) is 0 Å². The summed E-state index contributed by atoms with van der Waals surface area (Å²) in [6.45, 7) is 6.35. The standard InChI is InChI=1S/C11H15N5/c1-7-11(12)5-4-10(13-7)6-16-9(3)14-8(2)15-16/h4-5H,6,12H2,1-3H3. The SMILES string of the molecule is Cc1nc(C)n(Cc2ccc(N)c(C)n2)n1. The van der Waals surface area contributed by atoms with Crippen LogP contribution in [0, 0.1) is 20.8 Å². The average molecular weight is 217 g/mol. The number of anilines is 1. The van der Waals surface area contributed by atoms with Crippen LogP contribution in [0.15, 0.2) is 12.1 Å². The van der Waals surface area contributed by atoms with Crippen molar-refractivity contribution in [3.05, 3.63) is 35.2 Å². The number of nitrogen functional groups attached to an aromatic ring is 1. The van der Waals surface area contributed by atoms with Gasteiger partial charge in [0.25, 0.3) is 0 Å². The quantitative estimate of drug-likeness (QED) is 0.821. The highest BCUT2D eigenvalue weighted by Crippen LogP contribution is 2.09. The molecule has 0 fully saturated rings. The number of aryl methyl sites for hydroxylation is 3. The summed E-state index contributed by atoms with van der Waals surface area (Å²) in [5.41, 5.74) is 8.23. The molecule has 0 bridgehead atoms. The van der Waals surface area contributed by atoms with Crippen LogP contribution in [0.4, 0.5) is 5.69 Å². The van der Waals surface area contributed by atoms with E-state index in [-0.39, 0.29) is 0 Å². The van der Waals surface area contributed by atoms with Crippen molar-refractivity contribution in [2.75, 3.05) is 5.73 Å². The van der Waals surface area contributed by atoms with Crippen LogP contribution in [-0.4, -0.2) is 19.7 Å². The van der Waals surface area contributed by atoms with Gasteiger partial charge in [-0.05, 0) is 32.9 Å². The average Bonchev–Trinajstić information content (AvgIpc) is 2.51. The molecule has 0 radical (unpaired) electrons. The summed E-state index contributed by atoms with van der Waals surface area (Å²) in [6, 6.07) is 3.79. The van der Waals surface area contributed by atoms with E-state index in [1.165, 1.54) is 0 Å². The Morgan fingerprint density at radius 2 is 1.94 bits per heavy atom. The molecule has 16 heavy (non-hydrogen) atoms. The summed E-state index contributed by atoms with van der Waals surface area (Å²) in [7, 11) is 0. The Kier molecular flexibility index (Phi) is 2.60. The lowest BCUT2D eigenvalue weighted by Gasteiger charge is -2.05. The molecular formula is C11H15N5. The maximum atomic E-state index is 5.72. The zero-order chi connectivity index (χ0) is 11.7. The van der Waals surface area contributed by atoms with Gasteiger partial charge in [0.15, 0.2) is 0 Å². The second-order valence-corrected chi connectivity index (χ2v) is 3.84. The number of hydrogen-bond donors (Lipinski definition) is 1. The molecule has 5 heteroatoms. The minimum absolute atomic E-state index is 0.633. The third-order valence-electron chi connectivity index (χ3n) is 2.46. The van der Waals surface area contributed by atoms with E-state index in [1.54, 1.807) is 0 Å². The van der Waals surface area contributed by atoms with E-state index in [0.29, 0.717) is 6.54 Å². The minimum Gasteiger partial charge on any atom is -0.397 e. The van der Waals surface area contributed by atoms with Gasteiger partial charge in [-0.2, -0.15) is 5.10 Å². The fourth-order valence-electron chi connectivity index (χ4n) is 1.58. The monoisotopic (exact) mass is 217 g/mol. The molecule has 0 atom stereocenters. The van der Waals surface area contributed by atoms with Gasteiger partial charge in [-0.1, -0.05) is 0 Å². The number of pyridine rings is 1. The van der Waals surface area contributed by atoms with Gasteiger partial charge in [0, 0.05) is 0 Å². The van der Waals surface area contributed by atoms with Gasteiger partial charge in [0.2, 0.25) is 0 Å². The largest absolute Gasteiger partial charge is 0.397 e. The van der Waals surface area contributed by atoms with Crippen LogP contribution in [0.2, 0.25) is 0 Å². The maximum Gasteiger partial charge on any atom is 0.147 e. The second kappa shape index (κ2) is 3.92. The van der Waals surface area contributed by atoms with Crippen molar-refractivity contribution in [3.8, 4) is 0 Å². The predicted octanol–water partition coefficient (Wildman–Crippen LogP) is 1.23. The van der Waals surface area contributed by atoms with Crippen LogP contribution in [-0.2, 0) is 6.54 Å². The molecular weight excluding hydrogens is 202 g/mol. The van der Waals surface area contributed by atoms with Gasteiger partial charge in [-0.3, -0.25) is 4.98 Å². The maximum absolute atomic E-state index is 5.72. The van der Waals surface area contributed by atoms with Crippen LogP contribution < -0.4 is 5.73 Å². The zero-order valence-electron chi connectivity index (χ0n) is 9.73. The Morgan fingerprint density at radius 3 is 2.50 bits per heavy atom. The highest BCUT2D eigenvalue weighted by atomic mass is 15.3. The van der Waals surface area contributed by atoms with Crippen LogP contribution >= 0.6 is 0 Å². The van der Waals surface area contributed by atoms with Crippen molar-refractivity contribution >= 4 is 5.69 Å². The van der Waals surface area contributed by atoms with Gasteiger partial charge in [0.05, 0.1) is 23.6 Å². The van der Waals surface area contributed by atoms with E-state index in [9.17, 15) is 0 Å². The van der Waals surface area contributed by atoms with Gasteiger partial charge in [-0.15, -0.1) is 0 Å². The van der Waals surface area contributed by atoms with E-state index in [4.69, 9.17) is 5.73 Å². The molecule has 2 rings (SSSR count). The molecule has 0 amide bonds. The molecule has 0 saturated heterocycles. The van der Waals surface area contributed by atoms with E-state index in [2.05, 4.69) is 15.1 Å². The summed E-state index contributed by atoms with van der Waals surface area (Å²) in [5.74, 6) is 1.68. The first-order valence-electron chi connectivity index (χ1n) is 5.16. The lowest BCUT2D eigenvalue weighted by atomic mass is 10.2. The zero-order valence-corrected chi connectivity index (χ0v) is 9.73. The fourth-order valence-corrected chi connectivity index (χ4v) is 1.58. The second-order valence-electron chi connectivity index (χ2n) is 3.84. The third-order valence-corrected chi connectivity index (χ3v) is 2.46. The molecule has 0 spiro atoms.